The second-order valence-corrected chi connectivity index (χ2v) is 15.3. The number of rotatable bonds is 8. The first-order valence-corrected chi connectivity index (χ1v) is 15.3. The smallest absolute Gasteiger partial charge is 0.0469 e. The average molecular weight is 498 g/mol. The monoisotopic (exact) mass is 497 g/mol. The maximum absolute atomic E-state index is 3.94. The fraction of sp³-hybridized carbons (Fsp3) is 0.250. The van der Waals surface area contributed by atoms with Gasteiger partial charge in [-0.15, -0.1) is 0 Å². The van der Waals surface area contributed by atoms with Crippen molar-refractivity contribution in [1.82, 2.24) is 0 Å². The maximum atomic E-state index is 3.94. The van der Waals surface area contributed by atoms with Crippen LogP contribution in [0.15, 0.2) is 97.1 Å². The van der Waals surface area contributed by atoms with Crippen molar-refractivity contribution in [2.45, 2.75) is 52.9 Å². The minimum absolute atomic E-state index is 0.283. The zero-order chi connectivity index (χ0) is 24.9. The van der Waals surface area contributed by atoms with Crippen molar-refractivity contribution in [1.29, 1.82) is 0 Å². The normalized spacial score (nSPS) is 11.6. The van der Waals surface area contributed by atoms with Gasteiger partial charge in [-0.2, -0.15) is 0 Å². The topological polar surface area (TPSA) is 12.0 Å². The van der Waals surface area contributed by atoms with Crippen molar-refractivity contribution in [2.24, 2.45) is 0 Å². The number of anilines is 2. The Bertz CT molecular complexity index is 1200. The summed E-state index contributed by atoms with van der Waals surface area (Å²) >= 11 is 0. The Labute approximate surface area is 214 Å². The van der Waals surface area contributed by atoms with E-state index < -0.39 is 7.92 Å². The van der Waals surface area contributed by atoms with Crippen molar-refractivity contribution in [3.8, 4) is 0 Å². The van der Waals surface area contributed by atoms with Crippen LogP contribution in [0.4, 0.5) is 11.4 Å². The molecule has 0 heterocycles. The Hall–Kier alpha value is -2.46. The molecule has 0 saturated carbocycles. The predicted molar refractivity (Wildman–Crippen MR) is 161 cm³/mol. The minimum Gasteiger partial charge on any atom is -0.354 e. The Balaban J connectivity index is 1.86. The van der Waals surface area contributed by atoms with E-state index >= 15 is 0 Å². The van der Waals surface area contributed by atoms with E-state index in [0.717, 1.165) is 0 Å². The quantitative estimate of drug-likeness (QED) is 0.246. The number of hydrogen-bond donors (Lipinski definition) is 1. The Morgan fingerprint density at radius 1 is 0.543 bits per heavy atom. The molecule has 4 rings (SSSR count). The molecule has 3 heteroatoms. The van der Waals surface area contributed by atoms with E-state index in [1.807, 2.05) is 0 Å². The molecular formula is C32H37NP2. The van der Waals surface area contributed by atoms with Crippen LogP contribution in [0.5, 0.6) is 0 Å². The minimum atomic E-state index is -0.692. The lowest BCUT2D eigenvalue weighted by Crippen LogP contribution is -2.24. The molecule has 0 bridgehead atoms. The largest absolute Gasteiger partial charge is 0.354 e. The van der Waals surface area contributed by atoms with Crippen LogP contribution >= 0.6 is 15.8 Å². The van der Waals surface area contributed by atoms with E-state index in [1.165, 1.54) is 43.7 Å². The van der Waals surface area contributed by atoms with Crippen LogP contribution in [0.2, 0.25) is 0 Å². The molecule has 180 valence electrons. The summed E-state index contributed by atoms with van der Waals surface area (Å²) in [6, 6.07) is 35.8. The predicted octanol–water partition coefficient (Wildman–Crippen LogP) is 7.73. The summed E-state index contributed by atoms with van der Waals surface area (Å²) in [4.78, 5) is 0. The van der Waals surface area contributed by atoms with Crippen LogP contribution in [0.1, 0.15) is 38.8 Å². The standard InChI is InChI=1S/C32H37NP2/c1-23(2)34(24(3)4)31-21-25(5)17-19-29(31)33-30-20-18-26(6)22-32(30)35(27-13-9-7-10-14-27)28-15-11-8-12-16-28/h7-24,33H,1-6H3. The molecule has 4 aromatic rings. The Morgan fingerprint density at radius 2 is 0.971 bits per heavy atom. The molecule has 0 radical (unpaired) electrons. The number of benzene rings is 4. The summed E-state index contributed by atoms with van der Waals surface area (Å²) in [5.41, 5.74) is 6.36. The van der Waals surface area contributed by atoms with Crippen molar-refractivity contribution >= 4 is 48.4 Å². The van der Waals surface area contributed by atoms with E-state index in [-0.39, 0.29) is 7.92 Å². The molecule has 0 unspecified atom stereocenters. The van der Waals surface area contributed by atoms with Gasteiger partial charge in [-0.05, 0) is 68.0 Å². The van der Waals surface area contributed by atoms with Gasteiger partial charge in [0.15, 0.2) is 0 Å². The van der Waals surface area contributed by atoms with Crippen LogP contribution in [-0.2, 0) is 0 Å². The molecule has 0 amide bonds. The lowest BCUT2D eigenvalue weighted by molar-refractivity contribution is 1.02. The highest BCUT2D eigenvalue weighted by molar-refractivity contribution is 7.80. The van der Waals surface area contributed by atoms with Crippen LogP contribution in [-0.4, -0.2) is 11.3 Å². The maximum Gasteiger partial charge on any atom is 0.0469 e. The van der Waals surface area contributed by atoms with Crippen molar-refractivity contribution in [2.75, 3.05) is 5.32 Å². The highest BCUT2D eigenvalue weighted by Gasteiger charge is 2.24. The molecule has 0 aliphatic heterocycles. The molecule has 0 atom stereocenters. The molecule has 4 aromatic carbocycles. The summed E-state index contributed by atoms with van der Waals surface area (Å²) in [6.45, 7) is 13.9. The zero-order valence-electron chi connectivity index (χ0n) is 21.8. The molecule has 1 nitrogen and oxygen atoms in total. The zero-order valence-corrected chi connectivity index (χ0v) is 23.6. The van der Waals surface area contributed by atoms with Gasteiger partial charge in [0, 0.05) is 22.0 Å². The summed E-state index contributed by atoms with van der Waals surface area (Å²) in [5.74, 6) is 0. The average Bonchev–Trinajstić information content (AvgIpc) is 2.83. The number of aryl methyl sites for hydroxylation is 2. The third-order valence-corrected chi connectivity index (χ3v) is 11.9. The summed E-state index contributed by atoms with van der Waals surface area (Å²) < 4.78 is 0. The number of nitrogens with one attached hydrogen (secondary N) is 1. The van der Waals surface area contributed by atoms with Gasteiger partial charge in [-0.3, -0.25) is 0 Å². The van der Waals surface area contributed by atoms with Crippen LogP contribution in [0.3, 0.4) is 0 Å². The van der Waals surface area contributed by atoms with E-state index in [0.29, 0.717) is 11.3 Å². The fourth-order valence-electron chi connectivity index (χ4n) is 4.77. The summed E-state index contributed by atoms with van der Waals surface area (Å²) in [6.07, 6.45) is 0. The molecule has 0 aromatic heterocycles. The van der Waals surface area contributed by atoms with Gasteiger partial charge in [-0.25, -0.2) is 0 Å². The summed E-state index contributed by atoms with van der Waals surface area (Å²) in [7, 11) is -0.975. The van der Waals surface area contributed by atoms with Gasteiger partial charge >= 0.3 is 0 Å². The number of hydrogen-bond acceptors (Lipinski definition) is 1. The molecule has 35 heavy (non-hydrogen) atoms. The third kappa shape index (κ3) is 6.03. The van der Waals surface area contributed by atoms with Crippen LogP contribution in [0, 0.1) is 13.8 Å². The van der Waals surface area contributed by atoms with Crippen molar-refractivity contribution in [3.05, 3.63) is 108 Å². The van der Waals surface area contributed by atoms with Gasteiger partial charge in [0.05, 0.1) is 0 Å². The van der Waals surface area contributed by atoms with Gasteiger partial charge in [0.1, 0.15) is 0 Å². The molecular weight excluding hydrogens is 460 g/mol. The lowest BCUT2D eigenvalue weighted by atomic mass is 10.2. The second-order valence-electron chi connectivity index (χ2n) is 9.77. The molecule has 0 saturated heterocycles. The van der Waals surface area contributed by atoms with Crippen molar-refractivity contribution in [3.63, 3.8) is 0 Å². The SMILES string of the molecule is Cc1ccc(Nc2ccc(C)cc2P(C(C)C)C(C)C)c(P(c2ccccc2)c2ccccc2)c1. The summed E-state index contributed by atoms with van der Waals surface area (Å²) in [5, 5.41) is 9.55. The molecule has 0 aliphatic rings. The molecule has 0 fully saturated rings. The first kappa shape index (κ1) is 25.6. The van der Waals surface area contributed by atoms with Crippen LogP contribution < -0.4 is 26.5 Å². The van der Waals surface area contributed by atoms with Gasteiger partial charge in [0.25, 0.3) is 0 Å². The van der Waals surface area contributed by atoms with Gasteiger partial charge in [-0.1, -0.05) is 120 Å². The first-order valence-electron chi connectivity index (χ1n) is 12.5. The Morgan fingerprint density at radius 3 is 1.43 bits per heavy atom. The highest BCUT2D eigenvalue weighted by atomic mass is 31.1. The van der Waals surface area contributed by atoms with E-state index in [2.05, 4.69) is 144 Å². The lowest BCUT2D eigenvalue weighted by Gasteiger charge is -2.30. The molecule has 0 aliphatic carbocycles. The van der Waals surface area contributed by atoms with E-state index in [4.69, 9.17) is 0 Å². The second kappa shape index (κ2) is 11.5. The first-order chi connectivity index (χ1) is 16.8. The Kier molecular flexibility index (Phi) is 8.43. The molecule has 0 spiro atoms. The van der Waals surface area contributed by atoms with E-state index in [9.17, 15) is 0 Å². The van der Waals surface area contributed by atoms with Gasteiger partial charge in [0.2, 0.25) is 0 Å². The van der Waals surface area contributed by atoms with Crippen LogP contribution in [0.25, 0.3) is 0 Å². The van der Waals surface area contributed by atoms with E-state index in [1.54, 1.807) is 0 Å². The fourth-order valence-corrected chi connectivity index (χ4v) is 10.3. The third-order valence-electron chi connectivity index (χ3n) is 6.24. The van der Waals surface area contributed by atoms with Crippen molar-refractivity contribution < 1.29 is 0 Å². The highest BCUT2D eigenvalue weighted by Crippen LogP contribution is 2.47. The van der Waals surface area contributed by atoms with Gasteiger partial charge < -0.3 is 5.32 Å². The molecule has 1 N–H and O–H groups in total.